The molecule has 1 aromatic rings. The van der Waals surface area contributed by atoms with E-state index in [4.69, 9.17) is 0 Å². The van der Waals surface area contributed by atoms with E-state index in [9.17, 15) is 4.79 Å². The van der Waals surface area contributed by atoms with Crippen LogP contribution in [0, 0.1) is 0 Å². The Morgan fingerprint density at radius 2 is 2.33 bits per heavy atom. The first-order chi connectivity index (χ1) is 7.13. The van der Waals surface area contributed by atoms with Gasteiger partial charge in [-0.3, -0.25) is 4.79 Å². The number of carbonyl (C=O) groups is 1. The first-order valence-corrected chi connectivity index (χ1v) is 5.80. The number of hydrogen-bond donors (Lipinski definition) is 1. The minimum atomic E-state index is 0.000605. The van der Waals surface area contributed by atoms with Gasteiger partial charge in [0.05, 0.1) is 5.75 Å². The Morgan fingerprint density at radius 1 is 1.60 bits per heavy atom. The second-order valence-electron chi connectivity index (χ2n) is 3.29. The molecule has 0 fully saturated rings. The second kappa shape index (κ2) is 5.69. The molecule has 6 nitrogen and oxygen atoms in total. The number of hydrogen-bond acceptors (Lipinski definition) is 5. The van der Waals surface area contributed by atoms with Crippen molar-refractivity contribution in [3.8, 4) is 0 Å². The topological polar surface area (TPSA) is 72.7 Å². The summed E-state index contributed by atoms with van der Waals surface area (Å²) in [5.74, 6) is 0.346. The van der Waals surface area contributed by atoms with Gasteiger partial charge in [-0.2, -0.15) is 0 Å². The molecule has 15 heavy (non-hydrogen) atoms. The molecule has 0 aliphatic carbocycles. The fraction of sp³-hybridized carbons (Fsp3) is 0.750. The van der Waals surface area contributed by atoms with Crippen molar-refractivity contribution in [3.05, 3.63) is 0 Å². The molecule has 1 rings (SSSR count). The molecule has 7 heteroatoms. The fourth-order valence-corrected chi connectivity index (χ4v) is 1.74. The minimum Gasteiger partial charge on any atom is -0.353 e. The van der Waals surface area contributed by atoms with Crippen LogP contribution in [-0.2, 0) is 11.3 Å². The number of aryl methyl sites for hydroxylation is 1. The van der Waals surface area contributed by atoms with Gasteiger partial charge < -0.3 is 5.32 Å². The van der Waals surface area contributed by atoms with Gasteiger partial charge in [-0.05, 0) is 31.2 Å². The van der Waals surface area contributed by atoms with Crippen molar-refractivity contribution >= 4 is 17.7 Å². The van der Waals surface area contributed by atoms with Crippen molar-refractivity contribution in [2.75, 3.05) is 5.75 Å². The van der Waals surface area contributed by atoms with Crippen LogP contribution < -0.4 is 5.32 Å². The molecule has 0 spiro atoms. The van der Waals surface area contributed by atoms with Crippen LogP contribution in [0.3, 0.4) is 0 Å². The first-order valence-electron chi connectivity index (χ1n) is 4.81. The van der Waals surface area contributed by atoms with E-state index in [2.05, 4.69) is 20.8 Å². The summed E-state index contributed by atoms with van der Waals surface area (Å²) in [4.78, 5) is 11.3. The lowest BCUT2D eigenvalue weighted by Crippen LogP contribution is -2.31. The molecule has 1 amide bonds. The molecule has 0 aromatic carbocycles. The maximum Gasteiger partial charge on any atom is 0.230 e. The summed E-state index contributed by atoms with van der Waals surface area (Å²) in [7, 11) is 0. The van der Waals surface area contributed by atoms with Crippen molar-refractivity contribution in [2.45, 2.75) is 38.5 Å². The number of tetrazole rings is 1. The lowest BCUT2D eigenvalue weighted by atomic mass is 10.4. The monoisotopic (exact) mass is 229 g/mol. The predicted octanol–water partition coefficient (Wildman–Crippen LogP) is 0.310. The average molecular weight is 229 g/mol. The SMILES string of the molecule is CCn1nnnc1SCC(=O)NC(C)C. The molecule has 1 N–H and O–H groups in total. The molecule has 0 radical (unpaired) electrons. The van der Waals surface area contributed by atoms with E-state index in [1.165, 1.54) is 11.8 Å². The second-order valence-corrected chi connectivity index (χ2v) is 4.23. The summed E-state index contributed by atoms with van der Waals surface area (Å²) in [5, 5.41) is 14.6. The van der Waals surface area contributed by atoms with Gasteiger partial charge in [0.15, 0.2) is 0 Å². The fourth-order valence-electron chi connectivity index (χ4n) is 0.992. The summed E-state index contributed by atoms with van der Waals surface area (Å²) in [6, 6.07) is 0.167. The van der Waals surface area contributed by atoms with Gasteiger partial charge in [-0.25, -0.2) is 4.68 Å². The lowest BCUT2D eigenvalue weighted by molar-refractivity contribution is -0.119. The summed E-state index contributed by atoms with van der Waals surface area (Å²) in [5.41, 5.74) is 0. The number of rotatable bonds is 5. The number of aromatic nitrogens is 4. The Kier molecular flexibility index (Phi) is 4.54. The van der Waals surface area contributed by atoms with Gasteiger partial charge >= 0.3 is 0 Å². The molecule has 0 atom stereocenters. The maximum absolute atomic E-state index is 11.3. The third-order valence-corrected chi connectivity index (χ3v) is 2.54. The highest BCUT2D eigenvalue weighted by Gasteiger charge is 2.09. The van der Waals surface area contributed by atoms with Crippen LogP contribution in [0.2, 0.25) is 0 Å². The van der Waals surface area contributed by atoms with Crippen molar-refractivity contribution in [3.63, 3.8) is 0 Å². The van der Waals surface area contributed by atoms with Gasteiger partial charge in [0, 0.05) is 12.6 Å². The number of nitrogens with zero attached hydrogens (tertiary/aromatic N) is 4. The number of amides is 1. The number of nitrogens with one attached hydrogen (secondary N) is 1. The molecule has 0 saturated heterocycles. The Bertz CT molecular complexity index is 325. The van der Waals surface area contributed by atoms with Crippen LogP contribution in [0.15, 0.2) is 5.16 Å². The van der Waals surface area contributed by atoms with E-state index in [0.29, 0.717) is 17.5 Å². The average Bonchev–Trinajstić information content (AvgIpc) is 2.60. The van der Waals surface area contributed by atoms with Crippen LogP contribution in [-0.4, -0.2) is 37.9 Å². The van der Waals surface area contributed by atoms with Gasteiger partial charge in [-0.1, -0.05) is 11.8 Å². The van der Waals surface area contributed by atoms with E-state index < -0.39 is 0 Å². The van der Waals surface area contributed by atoms with E-state index >= 15 is 0 Å². The minimum absolute atomic E-state index is 0.000605. The van der Waals surface area contributed by atoms with Crippen LogP contribution >= 0.6 is 11.8 Å². The van der Waals surface area contributed by atoms with Crippen molar-refractivity contribution in [1.82, 2.24) is 25.5 Å². The molecular weight excluding hydrogens is 214 g/mol. The molecule has 0 aliphatic heterocycles. The molecule has 1 aromatic heterocycles. The van der Waals surface area contributed by atoms with Crippen LogP contribution in [0.4, 0.5) is 0 Å². The highest BCUT2D eigenvalue weighted by Crippen LogP contribution is 2.12. The molecule has 0 saturated carbocycles. The highest BCUT2D eigenvalue weighted by molar-refractivity contribution is 7.99. The first kappa shape index (κ1) is 12.0. The summed E-state index contributed by atoms with van der Waals surface area (Å²) in [6.07, 6.45) is 0. The van der Waals surface area contributed by atoms with Gasteiger partial charge in [0.2, 0.25) is 11.1 Å². The molecule has 0 aliphatic rings. The zero-order valence-electron chi connectivity index (χ0n) is 9.10. The molecular formula is C8H15N5OS. The molecule has 84 valence electrons. The van der Waals surface area contributed by atoms with Crippen LogP contribution in [0.25, 0.3) is 0 Å². The smallest absolute Gasteiger partial charge is 0.230 e. The van der Waals surface area contributed by atoms with Crippen molar-refractivity contribution in [2.24, 2.45) is 0 Å². The van der Waals surface area contributed by atoms with E-state index in [1.807, 2.05) is 20.8 Å². The Hall–Kier alpha value is -1.11. The Labute approximate surface area is 92.8 Å². The van der Waals surface area contributed by atoms with Crippen LogP contribution in [0.5, 0.6) is 0 Å². The largest absolute Gasteiger partial charge is 0.353 e. The summed E-state index contributed by atoms with van der Waals surface area (Å²) < 4.78 is 1.66. The lowest BCUT2D eigenvalue weighted by Gasteiger charge is -2.07. The van der Waals surface area contributed by atoms with Gasteiger partial charge in [0.25, 0.3) is 0 Å². The van der Waals surface area contributed by atoms with Gasteiger partial charge in [0.1, 0.15) is 0 Å². The van der Waals surface area contributed by atoms with Crippen molar-refractivity contribution in [1.29, 1.82) is 0 Å². The van der Waals surface area contributed by atoms with Crippen LogP contribution in [0.1, 0.15) is 20.8 Å². The zero-order valence-corrected chi connectivity index (χ0v) is 9.91. The third-order valence-electron chi connectivity index (χ3n) is 1.58. The zero-order chi connectivity index (χ0) is 11.3. The normalized spacial score (nSPS) is 10.7. The summed E-state index contributed by atoms with van der Waals surface area (Å²) in [6.45, 7) is 6.52. The van der Waals surface area contributed by atoms with E-state index in [1.54, 1.807) is 4.68 Å². The predicted molar refractivity (Wildman–Crippen MR) is 57.5 cm³/mol. The third kappa shape index (κ3) is 3.86. The number of thioether (sulfide) groups is 1. The summed E-state index contributed by atoms with van der Waals surface area (Å²) >= 11 is 1.34. The van der Waals surface area contributed by atoms with E-state index in [0.717, 1.165) is 0 Å². The Balaban J connectivity index is 2.40. The molecule has 0 unspecified atom stereocenters. The standard InChI is InChI=1S/C8H15N5OS/c1-4-13-8(10-11-12-13)15-5-7(14)9-6(2)3/h6H,4-5H2,1-3H3,(H,9,14). The molecule has 0 bridgehead atoms. The quantitative estimate of drug-likeness (QED) is 0.736. The number of carbonyl (C=O) groups excluding carboxylic acids is 1. The maximum atomic E-state index is 11.3. The molecule has 1 heterocycles. The van der Waals surface area contributed by atoms with Gasteiger partial charge in [-0.15, -0.1) is 5.10 Å². The highest BCUT2D eigenvalue weighted by atomic mass is 32.2. The Morgan fingerprint density at radius 3 is 2.93 bits per heavy atom. The van der Waals surface area contributed by atoms with Crippen molar-refractivity contribution < 1.29 is 4.79 Å². The van der Waals surface area contributed by atoms with E-state index in [-0.39, 0.29) is 11.9 Å².